The van der Waals surface area contributed by atoms with Gasteiger partial charge in [-0.3, -0.25) is 14.1 Å². The molecule has 2 aliphatic rings. The molecule has 0 saturated carbocycles. The molecule has 2 rings (SSSR count). The first-order valence-electron chi connectivity index (χ1n) is 10.0. The van der Waals surface area contributed by atoms with Crippen LogP contribution in [0.1, 0.15) is 12.8 Å². The molecule has 0 aromatic rings. The first kappa shape index (κ1) is 35.4. The molecule has 42 heavy (non-hydrogen) atoms. The number of allylic oxidation sites excluding steroid dienone is 4. The zero-order valence-corrected chi connectivity index (χ0v) is 19.9. The maximum absolute atomic E-state index is 14.4. The Hall–Kier alpha value is -2.79. The van der Waals surface area contributed by atoms with E-state index in [1.54, 1.807) is 0 Å². The average molecular weight is 674 g/mol. The van der Waals surface area contributed by atoms with Gasteiger partial charge < -0.3 is 10.2 Å². The number of alkyl halides is 16. The summed E-state index contributed by atoms with van der Waals surface area (Å²) in [6.07, 6.45) is -10.6. The molecule has 0 amide bonds. The van der Waals surface area contributed by atoms with E-state index in [-0.39, 0.29) is 0 Å². The first-order chi connectivity index (χ1) is 18.1. The number of rotatable bonds is 8. The topological polar surface area (TPSA) is 129 Å². The molecule has 0 aromatic heterocycles. The van der Waals surface area contributed by atoms with Gasteiger partial charge in [0, 0.05) is 11.1 Å². The number of hydrogen-bond acceptors (Lipinski definition) is 4. The number of halogens is 16. The van der Waals surface area contributed by atoms with Gasteiger partial charge in [0.1, 0.15) is 5.41 Å². The molecular weight excluding hydrogens is 664 g/mol. The first-order valence-corrected chi connectivity index (χ1v) is 11.5. The van der Waals surface area contributed by atoms with Crippen LogP contribution in [0.2, 0.25) is 0 Å². The Balaban J connectivity index is 3.08. The van der Waals surface area contributed by atoms with Gasteiger partial charge in [0.25, 0.3) is 10.1 Å². The van der Waals surface area contributed by atoms with Gasteiger partial charge >= 0.3 is 59.3 Å². The van der Waals surface area contributed by atoms with Crippen molar-refractivity contribution in [2.45, 2.75) is 65.5 Å². The minimum absolute atomic E-state index is 1.89. The molecule has 0 radical (unpaired) electrons. The van der Waals surface area contributed by atoms with E-state index in [2.05, 4.69) is 0 Å². The lowest BCUT2D eigenvalue weighted by molar-refractivity contribution is -0.357. The van der Waals surface area contributed by atoms with Crippen molar-refractivity contribution in [2.24, 2.45) is 5.41 Å². The Morgan fingerprint density at radius 1 is 0.643 bits per heavy atom. The quantitative estimate of drug-likeness (QED) is 0.185. The lowest BCUT2D eigenvalue weighted by Gasteiger charge is -2.45. The summed E-state index contributed by atoms with van der Waals surface area (Å²) in [5, 5.41) is 14.1. The summed E-state index contributed by atoms with van der Waals surface area (Å²) in [5.74, 6) is -62.3. The maximum Gasteiger partial charge on any atom is 0.382 e. The van der Waals surface area contributed by atoms with Gasteiger partial charge in [-0.25, -0.2) is 0 Å². The van der Waals surface area contributed by atoms with Crippen LogP contribution < -0.4 is 0 Å². The van der Waals surface area contributed by atoms with Crippen LogP contribution in [-0.2, 0) is 19.7 Å². The van der Waals surface area contributed by atoms with Crippen molar-refractivity contribution >= 4 is 22.1 Å². The number of aliphatic carboxylic acids is 2. The fourth-order valence-electron chi connectivity index (χ4n) is 4.18. The van der Waals surface area contributed by atoms with Crippen molar-refractivity contribution in [3.05, 3.63) is 23.3 Å². The lowest BCUT2D eigenvalue weighted by atomic mass is 9.68. The number of hydrogen-bond donors (Lipinski definition) is 3. The number of carbonyl (C=O) groups is 2. The fourth-order valence-corrected chi connectivity index (χ4v) is 5.27. The normalized spacial score (nSPS) is 27.3. The monoisotopic (exact) mass is 674 g/mol. The summed E-state index contributed by atoms with van der Waals surface area (Å²) in [7, 11) is -6.87. The molecule has 1 unspecified atom stereocenters. The van der Waals surface area contributed by atoms with Gasteiger partial charge in [-0.05, 0) is 25.0 Å². The molecule has 0 bridgehead atoms. The van der Waals surface area contributed by atoms with Gasteiger partial charge in [0.2, 0.25) is 0 Å². The van der Waals surface area contributed by atoms with Crippen molar-refractivity contribution in [1.29, 1.82) is 0 Å². The number of carboxylic acids is 2. The Morgan fingerprint density at radius 2 is 0.929 bits per heavy atom. The molecule has 0 aliphatic heterocycles. The number of carboxylic acid groups (broad SMARTS) is 2. The lowest BCUT2D eigenvalue weighted by Crippen LogP contribution is -2.67. The van der Waals surface area contributed by atoms with E-state index < -0.39 is 116 Å². The predicted molar refractivity (Wildman–Crippen MR) is 98.0 cm³/mol. The zero-order valence-electron chi connectivity index (χ0n) is 19.1. The Morgan fingerprint density at radius 3 is 1.14 bits per heavy atom. The van der Waals surface area contributed by atoms with Crippen molar-refractivity contribution in [3.8, 4) is 0 Å². The second kappa shape index (κ2) is 9.11. The second-order valence-corrected chi connectivity index (χ2v) is 10.6. The third kappa shape index (κ3) is 4.41. The molecule has 7 nitrogen and oxygen atoms in total. The summed E-state index contributed by atoms with van der Waals surface area (Å²) < 4.78 is 255. The van der Waals surface area contributed by atoms with Gasteiger partial charge in [-0.15, -0.1) is 0 Å². The predicted octanol–water partition coefficient (Wildman–Crippen LogP) is 5.14. The molecule has 1 atom stereocenters. The molecular formula is C18H10F16O7S. The summed E-state index contributed by atoms with van der Waals surface area (Å²) in [4.78, 5) is 23.6. The van der Waals surface area contributed by atoms with Crippen molar-refractivity contribution in [2.75, 3.05) is 0 Å². The smallest absolute Gasteiger partial charge is 0.382 e. The second-order valence-electron chi connectivity index (χ2n) is 9.08. The summed E-state index contributed by atoms with van der Waals surface area (Å²) >= 11 is 0. The van der Waals surface area contributed by atoms with E-state index in [1.165, 1.54) is 0 Å². The molecule has 0 spiro atoms. The molecule has 0 heterocycles. The minimum atomic E-state index is -7.30. The molecule has 24 heteroatoms. The van der Waals surface area contributed by atoms with E-state index in [0.29, 0.717) is 0 Å². The standard InChI is InChI=1S/C18H10F16O7S/c19-11(20)3-5(13(23,24)17(31,32)15(11,27)28)1-10(9(37)38,7(8(35)36)42(39,40)41)2-6-4-12(21,22)16(29,30)18(33,34)14(6,25)26/h3-4,7H,1-2H2,(H,35,36)(H,37,38)(H,39,40,41). The Bertz CT molecular complexity index is 1280. The van der Waals surface area contributed by atoms with Crippen molar-refractivity contribution < 1.29 is 103 Å². The highest BCUT2D eigenvalue weighted by Gasteiger charge is 2.85. The molecule has 0 aromatic carbocycles. The summed E-state index contributed by atoms with van der Waals surface area (Å²) in [6, 6.07) is 0. The van der Waals surface area contributed by atoms with Crippen LogP contribution in [-0.4, -0.2) is 87.8 Å². The van der Waals surface area contributed by atoms with Gasteiger partial charge in [-0.2, -0.15) is 78.7 Å². The molecule has 242 valence electrons. The van der Waals surface area contributed by atoms with Crippen LogP contribution in [0.15, 0.2) is 23.3 Å². The highest BCUT2D eigenvalue weighted by atomic mass is 32.2. The van der Waals surface area contributed by atoms with Gasteiger partial charge in [0.05, 0.1) is 0 Å². The highest BCUT2D eigenvalue weighted by molar-refractivity contribution is 7.87. The van der Waals surface area contributed by atoms with Crippen molar-refractivity contribution in [1.82, 2.24) is 0 Å². The van der Waals surface area contributed by atoms with Crippen LogP contribution in [0.3, 0.4) is 0 Å². The molecule has 0 fully saturated rings. The van der Waals surface area contributed by atoms with Gasteiger partial charge in [0.15, 0.2) is 5.25 Å². The van der Waals surface area contributed by atoms with E-state index >= 15 is 0 Å². The highest BCUT2D eigenvalue weighted by Crippen LogP contribution is 2.64. The Kier molecular flexibility index (Phi) is 7.68. The van der Waals surface area contributed by atoms with Crippen LogP contribution in [0.25, 0.3) is 0 Å². The van der Waals surface area contributed by atoms with E-state index in [9.17, 15) is 97.9 Å². The molecule has 2 aliphatic carbocycles. The largest absolute Gasteiger partial charge is 0.481 e. The van der Waals surface area contributed by atoms with E-state index in [1.807, 2.05) is 0 Å². The summed E-state index contributed by atoms with van der Waals surface area (Å²) in [5.41, 5.74) is -12.0. The van der Waals surface area contributed by atoms with E-state index in [0.717, 1.165) is 0 Å². The molecule has 3 N–H and O–H groups in total. The van der Waals surface area contributed by atoms with Crippen LogP contribution in [0, 0.1) is 5.41 Å². The van der Waals surface area contributed by atoms with Crippen LogP contribution in [0.4, 0.5) is 70.2 Å². The van der Waals surface area contributed by atoms with Crippen LogP contribution >= 0.6 is 0 Å². The third-order valence-corrected chi connectivity index (χ3v) is 7.64. The van der Waals surface area contributed by atoms with Crippen LogP contribution in [0.5, 0.6) is 0 Å². The maximum atomic E-state index is 14.4. The SMILES string of the molecule is O=C(O)C(C(CC1=CC(F)(F)C(F)(F)C(F)(F)C1(F)F)(CC1=CC(F)(F)C(F)(F)C(F)(F)C1(F)F)C(=O)O)S(=O)(=O)O. The third-order valence-electron chi connectivity index (χ3n) is 6.39. The van der Waals surface area contributed by atoms with E-state index in [4.69, 9.17) is 5.11 Å². The zero-order chi connectivity index (χ0) is 33.7. The van der Waals surface area contributed by atoms with Gasteiger partial charge in [-0.1, -0.05) is 0 Å². The fraction of sp³-hybridized carbons (Fsp3) is 0.667. The minimum Gasteiger partial charge on any atom is -0.481 e. The summed E-state index contributed by atoms with van der Waals surface area (Å²) in [6.45, 7) is 0. The Labute approximate surface area is 220 Å². The van der Waals surface area contributed by atoms with Crippen molar-refractivity contribution in [3.63, 3.8) is 0 Å². The average Bonchev–Trinajstić information content (AvgIpc) is 2.73. The molecule has 0 saturated heterocycles.